The van der Waals surface area contributed by atoms with E-state index in [1.54, 1.807) is 10.6 Å². The van der Waals surface area contributed by atoms with E-state index in [1.807, 2.05) is 24.8 Å². The SMILES string of the molecule is CN1CCN(C2CCN(c3ccncc3-c3cnc4cc(N)nn4c3)CC2)CC1. The Hall–Kier alpha value is -2.71. The summed E-state index contributed by atoms with van der Waals surface area (Å²) in [6.45, 7) is 6.89. The number of nitrogen functional groups attached to an aromatic ring is 1. The van der Waals surface area contributed by atoms with Gasteiger partial charge in [0.15, 0.2) is 5.65 Å². The van der Waals surface area contributed by atoms with Gasteiger partial charge in [0, 0.05) is 93.0 Å². The van der Waals surface area contributed by atoms with E-state index >= 15 is 0 Å². The van der Waals surface area contributed by atoms with Crippen LogP contribution in [0, 0.1) is 0 Å². The van der Waals surface area contributed by atoms with Crippen LogP contribution in [-0.2, 0) is 0 Å². The summed E-state index contributed by atoms with van der Waals surface area (Å²) in [5.41, 5.74) is 9.88. The topological polar surface area (TPSA) is 78.8 Å². The molecule has 5 heterocycles. The van der Waals surface area contributed by atoms with Crippen molar-refractivity contribution in [2.75, 3.05) is 56.9 Å². The van der Waals surface area contributed by atoms with E-state index in [0.717, 1.165) is 29.9 Å². The Balaban J connectivity index is 1.34. The van der Waals surface area contributed by atoms with E-state index in [4.69, 9.17) is 5.73 Å². The summed E-state index contributed by atoms with van der Waals surface area (Å²) in [4.78, 5) is 16.5. The van der Waals surface area contributed by atoms with Crippen LogP contribution < -0.4 is 10.6 Å². The minimum atomic E-state index is 0.479. The molecule has 2 saturated heterocycles. The lowest BCUT2D eigenvalue weighted by Crippen LogP contribution is -2.52. The van der Waals surface area contributed by atoms with Gasteiger partial charge in [-0.3, -0.25) is 9.88 Å². The van der Waals surface area contributed by atoms with E-state index in [-0.39, 0.29) is 0 Å². The lowest BCUT2D eigenvalue weighted by molar-refractivity contribution is 0.0982. The van der Waals surface area contributed by atoms with Crippen LogP contribution in [0.2, 0.25) is 0 Å². The number of piperidine rings is 1. The van der Waals surface area contributed by atoms with E-state index < -0.39 is 0 Å². The maximum Gasteiger partial charge on any atom is 0.157 e. The number of fused-ring (bicyclic) bond motifs is 1. The van der Waals surface area contributed by atoms with Gasteiger partial charge in [0.25, 0.3) is 0 Å². The molecule has 0 atom stereocenters. The lowest BCUT2D eigenvalue weighted by atomic mass is 10.00. The van der Waals surface area contributed by atoms with Crippen LogP contribution in [0.25, 0.3) is 16.8 Å². The molecule has 0 aliphatic carbocycles. The zero-order valence-electron chi connectivity index (χ0n) is 16.9. The van der Waals surface area contributed by atoms with E-state index in [9.17, 15) is 0 Å². The zero-order chi connectivity index (χ0) is 19.8. The first-order valence-electron chi connectivity index (χ1n) is 10.4. The third-order valence-corrected chi connectivity index (χ3v) is 6.30. The first-order valence-corrected chi connectivity index (χ1v) is 10.4. The van der Waals surface area contributed by atoms with Crippen LogP contribution in [-0.4, -0.2) is 81.7 Å². The molecule has 0 amide bonds. The number of hydrogen-bond acceptors (Lipinski definition) is 7. The van der Waals surface area contributed by atoms with Crippen molar-refractivity contribution >= 4 is 17.2 Å². The maximum atomic E-state index is 5.81. The normalized spacial score (nSPS) is 19.8. The van der Waals surface area contributed by atoms with Gasteiger partial charge in [0.2, 0.25) is 0 Å². The summed E-state index contributed by atoms with van der Waals surface area (Å²) in [5, 5.41) is 4.30. The molecular formula is C21H28N8. The highest BCUT2D eigenvalue weighted by Gasteiger charge is 2.27. The number of hydrogen-bond donors (Lipinski definition) is 1. The maximum absolute atomic E-state index is 5.81. The smallest absolute Gasteiger partial charge is 0.157 e. The average Bonchev–Trinajstić information content (AvgIpc) is 3.14. The summed E-state index contributed by atoms with van der Waals surface area (Å²) >= 11 is 0. The Labute approximate surface area is 170 Å². The Morgan fingerprint density at radius 2 is 1.83 bits per heavy atom. The van der Waals surface area contributed by atoms with Crippen molar-refractivity contribution in [3.05, 3.63) is 36.9 Å². The Morgan fingerprint density at radius 1 is 1.03 bits per heavy atom. The van der Waals surface area contributed by atoms with Crippen molar-refractivity contribution in [3.8, 4) is 11.1 Å². The highest BCUT2D eigenvalue weighted by atomic mass is 15.3. The van der Waals surface area contributed by atoms with Crippen molar-refractivity contribution in [3.63, 3.8) is 0 Å². The molecule has 0 saturated carbocycles. The molecule has 8 nitrogen and oxygen atoms in total. The highest BCUT2D eigenvalue weighted by Crippen LogP contribution is 2.32. The number of piperazine rings is 1. The second-order valence-electron chi connectivity index (χ2n) is 8.16. The molecule has 0 bridgehead atoms. The highest BCUT2D eigenvalue weighted by molar-refractivity contribution is 5.77. The number of rotatable bonds is 3. The molecule has 152 valence electrons. The fourth-order valence-electron chi connectivity index (χ4n) is 4.58. The molecule has 29 heavy (non-hydrogen) atoms. The van der Waals surface area contributed by atoms with E-state index in [0.29, 0.717) is 11.9 Å². The number of anilines is 2. The predicted octanol–water partition coefficient (Wildman–Crippen LogP) is 1.59. The standard InChI is InChI=1S/C21H28N8/c1-26-8-10-27(11-9-26)17-3-6-28(7-4-17)19-2-5-23-14-18(19)16-13-24-21-12-20(22)25-29(21)15-16/h2,5,12-15,17H,3-4,6-11H2,1H3,(H2,22,25). The minimum absolute atomic E-state index is 0.479. The number of pyridine rings is 1. The molecule has 3 aromatic heterocycles. The van der Waals surface area contributed by atoms with Gasteiger partial charge in [-0.2, -0.15) is 0 Å². The van der Waals surface area contributed by atoms with E-state index in [1.165, 1.54) is 44.7 Å². The van der Waals surface area contributed by atoms with Crippen molar-refractivity contribution in [1.29, 1.82) is 0 Å². The van der Waals surface area contributed by atoms with Crippen LogP contribution in [0.4, 0.5) is 11.5 Å². The predicted molar refractivity (Wildman–Crippen MR) is 115 cm³/mol. The zero-order valence-corrected chi connectivity index (χ0v) is 16.9. The first-order chi connectivity index (χ1) is 14.2. The third-order valence-electron chi connectivity index (χ3n) is 6.30. The summed E-state index contributed by atoms with van der Waals surface area (Å²) in [7, 11) is 2.22. The largest absolute Gasteiger partial charge is 0.382 e. The Kier molecular flexibility index (Phi) is 4.81. The molecule has 2 aliphatic heterocycles. The molecule has 0 unspecified atom stereocenters. The van der Waals surface area contributed by atoms with Crippen molar-refractivity contribution in [1.82, 2.24) is 29.4 Å². The molecule has 0 radical (unpaired) electrons. The molecule has 0 spiro atoms. The molecular weight excluding hydrogens is 364 g/mol. The molecule has 0 aromatic carbocycles. The molecule has 2 fully saturated rings. The van der Waals surface area contributed by atoms with Crippen LogP contribution in [0.5, 0.6) is 0 Å². The quantitative estimate of drug-likeness (QED) is 0.725. The van der Waals surface area contributed by atoms with E-state index in [2.05, 4.69) is 42.9 Å². The van der Waals surface area contributed by atoms with Gasteiger partial charge in [0.1, 0.15) is 5.82 Å². The van der Waals surface area contributed by atoms with Crippen LogP contribution >= 0.6 is 0 Å². The van der Waals surface area contributed by atoms with Gasteiger partial charge in [-0.15, -0.1) is 5.10 Å². The Bertz CT molecular complexity index is 983. The minimum Gasteiger partial charge on any atom is -0.382 e. The van der Waals surface area contributed by atoms with Crippen LogP contribution in [0.1, 0.15) is 12.8 Å². The molecule has 2 N–H and O–H groups in total. The van der Waals surface area contributed by atoms with Gasteiger partial charge in [-0.1, -0.05) is 0 Å². The second kappa shape index (κ2) is 7.61. The molecule has 2 aliphatic rings. The Morgan fingerprint density at radius 3 is 2.62 bits per heavy atom. The third kappa shape index (κ3) is 3.65. The fourth-order valence-corrected chi connectivity index (χ4v) is 4.58. The summed E-state index contributed by atoms with van der Waals surface area (Å²) in [5.74, 6) is 0.479. The van der Waals surface area contributed by atoms with Gasteiger partial charge >= 0.3 is 0 Å². The summed E-state index contributed by atoms with van der Waals surface area (Å²) in [6, 6.07) is 4.60. The van der Waals surface area contributed by atoms with Crippen LogP contribution in [0.15, 0.2) is 36.9 Å². The fraction of sp³-hybridized carbons (Fsp3) is 0.476. The number of aromatic nitrogens is 4. The second-order valence-corrected chi connectivity index (χ2v) is 8.16. The van der Waals surface area contributed by atoms with Gasteiger partial charge in [-0.05, 0) is 26.0 Å². The molecule has 3 aromatic rings. The van der Waals surface area contributed by atoms with Crippen molar-refractivity contribution in [2.24, 2.45) is 0 Å². The average molecular weight is 393 g/mol. The number of likely N-dealkylation sites (N-methyl/N-ethyl adjacent to an activating group) is 1. The van der Waals surface area contributed by atoms with Crippen molar-refractivity contribution < 1.29 is 0 Å². The first kappa shape index (κ1) is 18.3. The molecule has 8 heteroatoms. The van der Waals surface area contributed by atoms with Crippen molar-refractivity contribution in [2.45, 2.75) is 18.9 Å². The van der Waals surface area contributed by atoms with Gasteiger partial charge in [-0.25, -0.2) is 9.50 Å². The monoisotopic (exact) mass is 392 g/mol. The number of nitrogens with two attached hydrogens (primary N) is 1. The summed E-state index contributed by atoms with van der Waals surface area (Å²) < 4.78 is 1.74. The number of nitrogens with zero attached hydrogens (tertiary/aromatic N) is 7. The summed E-state index contributed by atoms with van der Waals surface area (Å²) in [6.07, 6.45) is 10.1. The lowest BCUT2D eigenvalue weighted by Gasteiger charge is -2.42. The molecule has 5 rings (SSSR count). The van der Waals surface area contributed by atoms with Gasteiger partial charge in [0.05, 0.1) is 0 Å². The van der Waals surface area contributed by atoms with Gasteiger partial charge < -0.3 is 15.5 Å². The van der Waals surface area contributed by atoms with Crippen LogP contribution in [0.3, 0.4) is 0 Å².